The fraction of sp³-hybridized carbons (Fsp3) is 0.500. The second-order valence-electron chi connectivity index (χ2n) is 7.54. The van der Waals surface area contributed by atoms with Crippen molar-refractivity contribution >= 4 is 34.3 Å². The molecule has 29 heavy (non-hydrogen) atoms. The van der Waals surface area contributed by atoms with Crippen molar-refractivity contribution in [3.63, 3.8) is 0 Å². The summed E-state index contributed by atoms with van der Waals surface area (Å²) in [6.45, 7) is 2.59. The van der Waals surface area contributed by atoms with Crippen LogP contribution in [-0.2, 0) is 10.2 Å². The van der Waals surface area contributed by atoms with Crippen LogP contribution in [0.25, 0.3) is 5.57 Å². The maximum atomic E-state index is 13.3. The highest BCUT2D eigenvalue weighted by Crippen LogP contribution is 2.52. The summed E-state index contributed by atoms with van der Waals surface area (Å²) >= 11 is 2.27. The number of halogens is 4. The first-order valence-corrected chi connectivity index (χ1v) is 11.0. The van der Waals surface area contributed by atoms with Crippen molar-refractivity contribution in [1.82, 2.24) is 8.43 Å². The van der Waals surface area contributed by atoms with Gasteiger partial charge in [0, 0.05) is 36.0 Å². The van der Waals surface area contributed by atoms with E-state index in [1.165, 1.54) is 0 Å². The minimum absolute atomic E-state index is 0.505. The first-order valence-electron chi connectivity index (χ1n) is 10.1. The van der Waals surface area contributed by atoms with Crippen LogP contribution in [0, 0.1) is 0 Å². The van der Waals surface area contributed by atoms with E-state index >= 15 is 0 Å². The van der Waals surface area contributed by atoms with Crippen molar-refractivity contribution in [3.8, 4) is 0 Å². The smallest absolute Gasteiger partial charge is 0.346 e. The summed E-state index contributed by atoms with van der Waals surface area (Å²) in [5.74, 6) is -0.541. The summed E-state index contributed by atoms with van der Waals surface area (Å²) in [7, 11) is 0. The van der Waals surface area contributed by atoms with Crippen molar-refractivity contribution in [2.24, 2.45) is 0 Å². The summed E-state index contributed by atoms with van der Waals surface area (Å²) < 4.78 is 40.7. The van der Waals surface area contributed by atoms with Gasteiger partial charge in [-0.05, 0) is 48.0 Å². The third-order valence-corrected chi connectivity index (χ3v) is 6.89. The summed E-state index contributed by atoms with van der Waals surface area (Å²) in [4.78, 5) is 13.3. The molecule has 0 spiro atoms. The number of allylic oxidation sites excluding steroid dienone is 3. The highest BCUT2D eigenvalue weighted by molar-refractivity contribution is 14.1. The molecule has 0 aromatic heterocycles. The number of nitrogens with zero attached hydrogens (tertiary/aromatic N) is 1. The van der Waals surface area contributed by atoms with Crippen molar-refractivity contribution < 1.29 is 18.0 Å². The molecule has 1 atom stereocenters. The Bertz CT molecular complexity index is 819. The molecule has 158 valence electrons. The zero-order valence-electron chi connectivity index (χ0n) is 16.5. The zero-order valence-corrected chi connectivity index (χ0v) is 18.6. The summed E-state index contributed by atoms with van der Waals surface area (Å²) in [6, 6.07) is 7.70. The highest BCUT2D eigenvalue weighted by Gasteiger charge is 2.50. The van der Waals surface area contributed by atoms with Gasteiger partial charge in [0.15, 0.2) is 0 Å². The monoisotopic (exact) mass is 518 g/mol. The van der Waals surface area contributed by atoms with Crippen LogP contribution < -0.4 is 5.32 Å². The molecule has 2 aliphatic rings. The zero-order chi connectivity index (χ0) is 21.1. The van der Waals surface area contributed by atoms with Crippen LogP contribution >= 0.6 is 22.9 Å². The number of fused-ring (bicyclic) bond motifs is 2. The number of carbonyl (C=O) groups is 1. The van der Waals surface area contributed by atoms with E-state index < -0.39 is 24.0 Å². The Kier molecular flexibility index (Phi) is 7.09. The van der Waals surface area contributed by atoms with Crippen LogP contribution in [0.4, 0.5) is 13.2 Å². The van der Waals surface area contributed by atoms with Crippen molar-refractivity contribution in [1.29, 1.82) is 0 Å². The van der Waals surface area contributed by atoms with Gasteiger partial charge < -0.3 is 5.32 Å². The Balaban J connectivity index is 1.95. The third-order valence-electron chi connectivity index (χ3n) is 5.73. The lowest BCUT2D eigenvalue weighted by Crippen LogP contribution is -2.47. The molecule has 1 aromatic carbocycles. The Morgan fingerprint density at radius 1 is 1.28 bits per heavy atom. The van der Waals surface area contributed by atoms with Gasteiger partial charge in [0.1, 0.15) is 6.54 Å². The fourth-order valence-corrected chi connectivity index (χ4v) is 4.74. The number of rotatable bonds is 8. The van der Waals surface area contributed by atoms with Gasteiger partial charge in [0.25, 0.3) is 0 Å². The summed E-state index contributed by atoms with van der Waals surface area (Å²) in [5.41, 5.74) is 2.80. The molecule has 0 radical (unpaired) electrons. The predicted molar refractivity (Wildman–Crippen MR) is 118 cm³/mol. The number of carbonyl (C=O) groups excluding carboxylic acids is 1. The van der Waals surface area contributed by atoms with Gasteiger partial charge in [-0.2, -0.15) is 13.2 Å². The standard InChI is InChI=1S/C22H26F3IN2O/c1-2-28(26)14-8-7-13-21(20(29)27-15-22(23,24)25)18-11-5-3-9-16(18)17-10-4-6-12-19(17)21/h3,5-6,9,11-12H,2,4,7-8,10,13-15H2,1H3,(H,27,29). The molecule has 0 heterocycles. The fourth-order valence-electron chi connectivity index (χ4n) is 4.40. The number of nitrogens with one attached hydrogen (secondary N) is 1. The Hall–Kier alpha value is -1.35. The minimum Gasteiger partial charge on any atom is -0.346 e. The number of unbranched alkanes of at least 4 members (excludes halogenated alkanes) is 1. The third kappa shape index (κ3) is 4.71. The van der Waals surface area contributed by atoms with Crippen molar-refractivity contribution in [2.75, 3.05) is 19.6 Å². The molecule has 1 unspecified atom stereocenters. The molecular formula is C22H26F3IN2O. The predicted octanol–water partition coefficient (Wildman–Crippen LogP) is 5.56. The number of hydrogen-bond donors (Lipinski definition) is 1. The van der Waals surface area contributed by atoms with Gasteiger partial charge >= 0.3 is 6.18 Å². The lowest BCUT2D eigenvalue weighted by Gasteiger charge is -2.33. The molecule has 0 fully saturated rings. The largest absolute Gasteiger partial charge is 0.405 e. The van der Waals surface area contributed by atoms with Gasteiger partial charge in [0.05, 0.1) is 5.41 Å². The normalized spacial score (nSPS) is 20.8. The SMILES string of the molecule is CCN(I)CCCCC1(C(=O)NCC(F)(F)F)C2=C(CCC=C2)c2ccccc21. The molecule has 0 bridgehead atoms. The molecular weight excluding hydrogens is 492 g/mol. The van der Waals surface area contributed by atoms with E-state index in [2.05, 4.69) is 38.2 Å². The van der Waals surface area contributed by atoms with E-state index in [0.717, 1.165) is 61.0 Å². The molecule has 1 amide bonds. The second-order valence-corrected chi connectivity index (χ2v) is 8.91. The van der Waals surface area contributed by atoms with Crippen LogP contribution in [0.3, 0.4) is 0 Å². The van der Waals surface area contributed by atoms with Gasteiger partial charge in [-0.15, -0.1) is 0 Å². The molecule has 1 N–H and O–H groups in total. The Labute approximate surface area is 183 Å². The van der Waals surface area contributed by atoms with Gasteiger partial charge in [-0.3, -0.25) is 4.79 Å². The molecule has 1 aromatic rings. The number of amides is 1. The average Bonchev–Trinajstić information content (AvgIpc) is 3.00. The number of hydrogen-bond acceptors (Lipinski definition) is 2. The first-order chi connectivity index (χ1) is 13.8. The molecule has 7 heteroatoms. The maximum Gasteiger partial charge on any atom is 0.405 e. The van der Waals surface area contributed by atoms with Crippen LogP contribution in [0.15, 0.2) is 42.0 Å². The Morgan fingerprint density at radius 3 is 2.76 bits per heavy atom. The van der Waals surface area contributed by atoms with E-state index in [4.69, 9.17) is 0 Å². The summed E-state index contributed by atoms with van der Waals surface area (Å²) in [5, 5.41) is 2.20. The average molecular weight is 518 g/mol. The molecule has 3 rings (SSSR count). The Morgan fingerprint density at radius 2 is 2.03 bits per heavy atom. The summed E-state index contributed by atoms with van der Waals surface area (Å²) in [6.07, 6.45) is 3.41. The van der Waals surface area contributed by atoms with E-state index in [1.54, 1.807) is 0 Å². The quantitative estimate of drug-likeness (QED) is 0.278. The molecule has 0 saturated heterocycles. The molecule has 0 saturated carbocycles. The second kappa shape index (κ2) is 9.20. The number of alkyl halides is 3. The maximum absolute atomic E-state index is 13.3. The van der Waals surface area contributed by atoms with Gasteiger partial charge in [-0.1, -0.05) is 49.8 Å². The first kappa shape index (κ1) is 22.3. The van der Waals surface area contributed by atoms with E-state index in [9.17, 15) is 18.0 Å². The van der Waals surface area contributed by atoms with Crippen molar-refractivity contribution in [2.45, 2.75) is 50.6 Å². The van der Waals surface area contributed by atoms with Crippen LogP contribution in [-0.4, -0.2) is 34.8 Å². The van der Waals surface area contributed by atoms with Crippen LogP contribution in [0.5, 0.6) is 0 Å². The highest BCUT2D eigenvalue weighted by atomic mass is 127. The molecule has 3 nitrogen and oxygen atoms in total. The minimum atomic E-state index is -4.43. The topological polar surface area (TPSA) is 32.3 Å². The molecule has 0 aliphatic heterocycles. The van der Waals surface area contributed by atoms with Gasteiger partial charge in [-0.25, -0.2) is 3.11 Å². The lowest BCUT2D eigenvalue weighted by molar-refractivity contribution is -0.141. The lowest BCUT2D eigenvalue weighted by atomic mass is 9.71. The van der Waals surface area contributed by atoms with E-state index in [1.807, 2.05) is 36.4 Å². The van der Waals surface area contributed by atoms with Crippen molar-refractivity contribution in [3.05, 3.63) is 53.1 Å². The van der Waals surface area contributed by atoms with Crippen LogP contribution in [0.1, 0.15) is 50.2 Å². The van der Waals surface area contributed by atoms with E-state index in [0.29, 0.717) is 6.42 Å². The molecule has 2 aliphatic carbocycles. The number of benzene rings is 1. The van der Waals surface area contributed by atoms with Crippen LogP contribution in [0.2, 0.25) is 0 Å². The van der Waals surface area contributed by atoms with E-state index in [-0.39, 0.29) is 0 Å². The van der Waals surface area contributed by atoms with Gasteiger partial charge in [0.2, 0.25) is 5.91 Å².